The third kappa shape index (κ3) is 2.38. The number of nitrogens with zero attached hydrogens (tertiary/aromatic N) is 3. The summed E-state index contributed by atoms with van der Waals surface area (Å²) in [5.74, 6) is 0.553. The highest BCUT2D eigenvalue weighted by Gasteiger charge is 2.42. The van der Waals surface area contributed by atoms with E-state index in [9.17, 15) is 8.42 Å². The van der Waals surface area contributed by atoms with Gasteiger partial charge in [-0.2, -0.15) is 9.40 Å². The van der Waals surface area contributed by atoms with Gasteiger partial charge in [0, 0.05) is 25.3 Å². The molecular weight excluding hydrogens is 276 g/mol. The number of rotatable bonds is 4. The van der Waals surface area contributed by atoms with Crippen molar-refractivity contribution in [3.8, 4) is 0 Å². The Balaban J connectivity index is 1.83. The molecule has 0 spiro atoms. The Morgan fingerprint density at radius 1 is 1.30 bits per heavy atom. The molecule has 1 aromatic rings. The molecule has 2 atom stereocenters. The van der Waals surface area contributed by atoms with Crippen molar-refractivity contribution in [2.24, 2.45) is 11.7 Å². The van der Waals surface area contributed by atoms with Crippen LogP contribution < -0.4 is 5.73 Å². The minimum absolute atomic E-state index is 0.201. The highest BCUT2D eigenvalue weighted by molar-refractivity contribution is 7.89. The van der Waals surface area contributed by atoms with Crippen LogP contribution in [0.25, 0.3) is 0 Å². The molecule has 0 radical (unpaired) electrons. The average molecular weight is 298 g/mol. The molecule has 2 unspecified atom stereocenters. The van der Waals surface area contributed by atoms with Crippen LogP contribution in [0.3, 0.4) is 0 Å². The Kier molecular flexibility index (Phi) is 3.83. The van der Waals surface area contributed by atoms with Gasteiger partial charge >= 0.3 is 0 Å². The third-order valence-electron chi connectivity index (χ3n) is 4.53. The van der Waals surface area contributed by atoms with Crippen LogP contribution >= 0.6 is 0 Å². The zero-order valence-electron chi connectivity index (χ0n) is 11.6. The van der Waals surface area contributed by atoms with Crippen LogP contribution in [0.4, 0.5) is 0 Å². The molecule has 2 aliphatic rings. The zero-order valence-corrected chi connectivity index (χ0v) is 12.4. The Hall–Kier alpha value is -0.920. The van der Waals surface area contributed by atoms with Crippen molar-refractivity contribution < 1.29 is 8.42 Å². The summed E-state index contributed by atoms with van der Waals surface area (Å²) >= 11 is 0. The van der Waals surface area contributed by atoms with Crippen molar-refractivity contribution in [3.63, 3.8) is 0 Å². The first-order chi connectivity index (χ1) is 9.63. The largest absolute Gasteiger partial charge is 0.329 e. The molecule has 3 rings (SSSR count). The Labute approximate surface area is 120 Å². The number of fused-ring (bicyclic) bond motifs is 1. The van der Waals surface area contributed by atoms with E-state index in [2.05, 4.69) is 5.10 Å². The standard InChI is InChI=1S/C13H22N4O2S/c14-6-8-16-10-12(9-15-16)20(18,19)17-7-5-11-3-1-2-4-13(11)17/h9-11,13H,1-8,14H2. The molecule has 1 aromatic heterocycles. The van der Waals surface area contributed by atoms with Gasteiger partial charge in [0.2, 0.25) is 10.0 Å². The van der Waals surface area contributed by atoms with Crippen LogP contribution in [-0.2, 0) is 16.6 Å². The van der Waals surface area contributed by atoms with Gasteiger partial charge in [-0.1, -0.05) is 12.8 Å². The van der Waals surface area contributed by atoms with Crippen molar-refractivity contribution in [1.29, 1.82) is 0 Å². The van der Waals surface area contributed by atoms with E-state index in [1.165, 1.54) is 19.0 Å². The lowest BCUT2D eigenvalue weighted by Crippen LogP contribution is -2.39. The van der Waals surface area contributed by atoms with E-state index in [4.69, 9.17) is 5.73 Å². The molecule has 0 bridgehead atoms. The van der Waals surface area contributed by atoms with Gasteiger partial charge in [-0.25, -0.2) is 8.42 Å². The predicted octanol–water partition coefficient (Wildman–Crippen LogP) is 0.795. The summed E-state index contributed by atoms with van der Waals surface area (Å²) in [4.78, 5) is 0.303. The minimum atomic E-state index is -3.40. The Morgan fingerprint density at radius 3 is 2.90 bits per heavy atom. The molecule has 112 valence electrons. The molecular formula is C13H22N4O2S. The minimum Gasteiger partial charge on any atom is -0.329 e. The van der Waals surface area contributed by atoms with Gasteiger partial charge in [0.15, 0.2) is 0 Å². The summed E-state index contributed by atoms with van der Waals surface area (Å²) in [6.45, 7) is 1.65. The van der Waals surface area contributed by atoms with E-state index in [0.29, 0.717) is 30.4 Å². The second-order valence-electron chi connectivity index (χ2n) is 5.74. The highest BCUT2D eigenvalue weighted by atomic mass is 32.2. The molecule has 1 aliphatic carbocycles. The molecule has 2 fully saturated rings. The van der Waals surface area contributed by atoms with Crippen LogP contribution in [0.1, 0.15) is 32.1 Å². The fraction of sp³-hybridized carbons (Fsp3) is 0.769. The van der Waals surface area contributed by atoms with Gasteiger partial charge in [-0.15, -0.1) is 0 Å². The molecule has 0 amide bonds. The maximum absolute atomic E-state index is 12.7. The van der Waals surface area contributed by atoms with Crippen molar-refractivity contribution in [1.82, 2.24) is 14.1 Å². The summed E-state index contributed by atoms with van der Waals surface area (Å²) < 4.78 is 28.8. The zero-order chi connectivity index (χ0) is 14.2. The molecule has 1 aliphatic heterocycles. The first-order valence-corrected chi connectivity index (χ1v) is 8.81. The lowest BCUT2D eigenvalue weighted by Gasteiger charge is -2.30. The smallest absolute Gasteiger partial charge is 0.246 e. The summed E-state index contributed by atoms with van der Waals surface area (Å²) in [6, 6.07) is 0.201. The van der Waals surface area contributed by atoms with E-state index in [0.717, 1.165) is 19.3 Å². The highest BCUT2D eigenvalue weighted by Crippen LogP contribution is 2.38. The molecule has 6 nitrogen and oxygen atoms in total. The lowest BCUT2D eigenvalue weighted by atomic mass is 9.86. The molecule has 1 saturated heterocycles. The fourth-order valence-electron chi connectivity index (χ4n) is 3.53. The summed E-state index contributed by atoms with van der Waals surface area (Å²) in [7, 11) is -3.40. The van der Waals surface area contributed by atoms with Gasteiger partial charge in [-0.3, -0.25) is 4.68 Å². The van der Waals surface area contributed by atoms with Crippen LogP contribution in [0.5, 0.6) is 0 Å². The van der Waals surface area contributed by atoms with Gasteiger partial charge < -0.3 is 5.73 Å². The van der Waals surface area contributed by atoms with Gasteiger partial charge in [-0.05, 0) is 25.2 Å². The number of aromatic nitrogens is 2. The van der Waals surface area contributed by atoms with E-state index in [1.807, 2.05) is 0 Å². The maximum atomic E-state index is 12.7. The van der Waals surface area contributed by atoms with Crippen LogP contribution in [-0.4, -0.2) is 41.6 Å². The number of hydrogen-bond acceptors (Lipinski definition) is 4. The Bertz CT molecular complexity index is 569. The predicted molar refractivity (Wildman–Crippen MR) is 75.5 cm³/mol. The average Bonchev–Trinajstić information content (AvgIpc) is 3.05. The number of hydrogen-bond donors (Lipinski definition) is 1. The topological polar surface area (TPSA) is 81.2 Å². The van der Waals surface area contributed by atoms with Gasteiger partial charge in [0.05, 0.1) is 12.7 Å². The summed E-state index contributed by atoms with van der Waals surface area (Å²) in [5.41, 5.74) is 5.47. The molecule has 2 N–H and O–H groups in total. The fourth-order valence-corrected chi connectivity index (χ4v) is 5.21. The maximum Gasteiger partial charge on any atom is 0.246 e. The quantitative estimate of drug-likeness (QED) is 0.891. The van der Waals surface area contributed by atoms with Crippen molar-refractivity contribution in [2.45, 2.75) is 49.6 Å². The SMILES string of the molecule is NCCn1cc(S(=O)(=O)N2CCC3CCCCC32)cn1. The molecule has 2 heterocycles. The molecule has 0 aromatic carbocycles. The second kappa shape index (κ2) is 5.46. The molecule has 20 heavy (non-hydrogen) atoms. The van der Waals surface area contributed by atoms with E-state index < -0.39 is 10.0 Å². The van der Waals surface area contributed by atoms with Crippen molar-refractivity contribution in [3.05, 3.63) is 12.4 Å². The monoisotopic (exact) mass is 298 g/mol. The Morgan fingerprint density at radius 2 is 2.10 bits per heavy atom. The summed E-state index contributed by atoms with van der Waals surface area (Å²) in [6.07, 6.45) is 8.59. The van der Waals surface area contributed by atoms with Crippen molar-refractivity contribution in [2.75, 3.05) is 13.1 Å². The first-order valence-electron chi connectivity index (χ1n) is 7.37. The van der Waals surface area contributed by atoms with E-state index >= 15 is 0 Å². The third-order valence-corrected chi connectivity index (χ3v) is 6.41. The summed E-state index contributed by atoms with van der Waals surface area (Å²) in [5, 5.41) is 4.08. The van der Waals surface area contributed by atoms with E-state index in [-0.39, 0.29) is 6.04 Å². The normalized spacial score (nSPS) is 27.6. The number of nitrogens with two attached hydrogens (primary N) is 1. The second-order valence-corrected chi connectivity index (χ2v) is 7.63. The number of sulfonamides is 1. The molecule has 7 heteroatoms. The van der Waals surface area contributed by atoms with Crippen LogP contribution in [0.15, 0.2) is 17.3 Å². The molecule has 1 saturated carbocycles. The lowest BCUT2D eigenvalue weighted by molar-refractivity contribution is 0.260. The van der Waals surface area contributed by atoms with Gasteiger partial charge in [0.1, 0.15) is 4.90 Å². The van der Waals surface area contributed by atoms with Gasteiger partial charge in [0.25, 0.3) is 0 Å². The van der Waals surface area contributed by atoms with Crippen LogP contribution in [0, 0.1) is 5.92 Å². The first kappa shape index (κ1) is 14.0. The van der Waals surface area contributed by atoms with Crippen molar-refractivity contribution >= 4 is 10.0 Å². The van der Waals surface area contributed by atoms with Crippen LogP contribution in [0.2, 0.25) is 0 Å². The van der Waals surface area contributed by atoms with E-state index in [1.54, 1.807) is 15.2 Å².